The Morgan fingerprint density at radius 2 is 1.60 bits per heavy atom. The summed E-state index contributed by atoms with van der Waals surface area (Å²) in [4.78, 5) is 42.6. The number of nitrogens with one attached hydrogen (secondary N) is 1. The molecule has 2 atom stereocenters. The third-order valence-corrected chi connectivity index (χ3v) is 10.1. The van der Waals surface area contributed by atoms with Gasteiger partial charge in [0, 0.05) is 57.6 Å². The molecule has 1 N–H and O–H groups in total. The van der Waals surface area contributed by atoms with Crippen LogP contribution in [-0.2, 0) is 32.1 Å². The summed E-state index contributed by atoms with van der Waals surface area (Å²) in [5.74, 6) is 1.06. The maximum atomic E-state index is 14.8. The molecule has 1 unspecified atom stereocenters. The van der Waals surface area contributed by atoms with Gasteiger partial charge in [0.15, 0.2) is 0 Å². The fourth-order valence-electron chi connectivity index (χ4n) is 6.90. The third-order valence-electron chi connectivity index (χ3n) is 9.83. The number of hydrogen-bond acceptors (Lipinski definition) is 7. The quantitative estimate of drug-likeness (QED) is 0.171. The monoisotopic (exact) mass is 699 g/mol. The van der Waals surface area contributed by atoms with Crippen LogP contribution in [0.3, 0.4) is 0 Å². The summed E-state index contributed by atoms with van der Waals surface area (Å²) in [5, 5.41) is 4.25. The van der Waals surface area contributed by atoms with Crippen molar-refractivity contribution in [3.63, 3.8) is 0 Å². The molecule has 10 heteroatoms. The number of ether oxygens (including phenoxy) is 3. The molecule has 0 aromatic heterocycles. The Labute approximate surface area is 299 Å². The first-order valence-electron chi connectivity index (χ1n) is 17.5. The van der Waals surface area contributed by atoms with Gasteiger partial charge in [0.1, 0.15) is 24.7 Å². The standard InChI is InChI=1S/C40H46ClN3O6/c1-25-19-36(41)38(20-26(25)2)50-18-17-49-34-13-9-30(10-14-34)35-21-32-23-43(27(3)45)24-37(42-32)39(35)40(47)44(33-11-12-33)22-31-8-6-5-7-29(31)15-16-48-28(4)46/h5-10,13-14,19-20,32-33,37,42H,11-12,15-18,21-24H2,1-4H3/t32?,37-/m1/s1. The number of halogens is 1. The molecular formula is C40H46ClN3O6. The number of aryl methyl sites for hydroxylation is 2. The molecule has 264 valence electrons. The van der Waals surface area contributed by atoms with E-state index in [1.165, 1.54) is 6.92 Å². The molecule has 2 fully saturated rings. The predicted molar refractivity (Wildman–Crippen MR) is 193 cm³/mol. The van der Waals surface area contributed by atoms with Crippen molar-refractivity contribution in [3.8, 4) is 11.5 Å². The minimum atomic E-state index is -0.306. The molecule has 2 heterocycles. The SMILES string of the molecule is CC(=O)OCCc1ccccc1CN(C(=O)C1=C(c2ccc(OCCOc3cc(C)c(C)cc3Cl)cc2)CC2CN(C(C)=O)C[C@H]1N2)C1CC1. The molecule has 0 radical (unpaired) electrons. The summed E-state index contributed by atoms with van der Waals surface area (Å²) in [7, 11) is 0. The molecular weight excluding hydrogens is 654 g/mol. The Balaban J connectivity index is 1.22. The highest BCUT2D eigenvalue weighted by molar-refractivity contribution is 6.32. The average molecular weight is 700 g/mol. The predicted octanol–water partition coefficient (Wildman–Crippen LogP) is 6.06. The number of esters is 1. The largest absolute Gasteiger partial charge is 0.490 e. The van der Waals surface area contributed by atoms with E-state index in [-0.39, 0.29) is 35.9 Å². The second kappa shape index (κ2) is 15.7. The van der Waals surface area contributed by atoms with E-state index in [0.29, 0.717) is 68.8 Å². The maximum Gasteiger partial charge on any atom is 0.302 e. The zero-order chi connectivity index (χ0) is 35.4. The Bertz CT molecular complexity index is 1770. The zero-order valence-electron chi connectivity index (χ0n) is 29.3. The van der Waals surface area contributed by atoms with Gasteiger partial charge in [-0.2, -0.15) is 0 Å². The van der Waals surface area contributed by atoms with Crippen molar-refractivity contribution in [1.82, 2.24) is 15.1 Å². The molecule has 50 heavy (non-hydrogen) atoms. The first kappa shape index (κ1) is 35.5. The topological polar surface area (TPSA) is 97.4 Å². The lowest BCUT2D eigenvalue weighted by molar-refractivity contribution is -0.140. The molecule has 2 bridgehead atoms. The van der Waals surface area contributed by atoms with Crippen LogP contribution in [0, 0.1) is 13.8 Å². The first-order chi connectivity index (χ1) is 24.1. The summed E-state index contributed by atoms with van der Waals surface area (Å²) >= 11 is 6.36. The van der Waals surface area contributed by atoms with Crippen LogP contribution in [0.15, 0.2) is 66.2 Å². The van der Waals surface area contributed by atoms with Crippen LogP contribution < -0.4 is 14.8 Å². The molecule has 2 amide bonds. The second-order valence-electron chi connectivity index (χ2n) is 13.5. The fourth-order valence-corrected chi connectivity index (χ4v) is 7.18. The molecule has 9 nitrogen and oxygen atoms in total. The van der Waals surface area contributed by atoms with Crippen molar-refractivity contribution in [2.45, 2.75) is 78.0 Å². The molecule has 1 saturated carbocycles. The molecule has 6 rings (SSSR count). The Morgan fingerprint density at radius 3 is 2.30 bits per heavy atom. The van der Waals surface area contributed by atoms with Gasteiger partial charge in [-0.15, -0.1) is 0 Å². The van der Waals surface area contributed by atoms with Crippen molar-refractivity contribution in [2.24, 2.45) is 0 Å². The highest BCUT2D eigenvalue weighted by atomic mass is 35.5. The Hall–Kier alpha value is -4.34. The van der Waals surface area contributed by atoms with Gasteiger partial charge in [0.25, 0.3) is 5.91 Å². The lowest BCUT2D eigenvalue weighted by Gasteiger charge is -2.44. The summed E-state index contributed by atoms with van der Waals surface area (Å²) in [6, 6.07) is 19.7. The summed E-state index contributed by atoms with van der Waals surface area (Å²) in [6.45, 7) is 9.55. The summed E-state index contributed by atoms with van der Waals surface area (Å²) in [6.07, 6.45) is 3.12. The van der Waals surface area contributed by atoms with Gasteiger partial charge in [-0.3, -0.25) is 14.4 Å². The molecule has 3 aliphatic rings. The van der Waals surface area contributed by atoms with E-state index in [9.17, 15) is 14.4 Å². The molecule has 3 aromatic rings. The van der Waals surface area contributed by atoms with Crippen LogP contribution in [0.25, 0.3) is 5.57 Å². The smallest absolute Gasteiger partial charge is 0.302 e. The van der Waals surface area contributed by atoms with E-state index in [1.54, 1.807) is 6.92 Å². The zero-order valence-corrected chi connectivity index (χ0v) is 30.1. The van der Waals surface area contributed by atoms with Crippen LogP contribution in [0.5, 0.6) is 11.5 Å². The van der Waals surface area contributed by atoms with E-state index in [1.807, 2.05) is 78.2 Å². The fraction of sp³-hybridized carbons (Fsp3) is 0.425. The van der Waals surface area contributed by atoms with Gasteiger partial charge < -0.3 is 29.3 Å². The normalized spacial score (nSPS) is 18.5. The molecule has 1 saturated heterocycles. The number of carbonyl (C=O) groups is 3. The highest BCUT2D eigenvalue weighted by Crippen LogP contribution is 2.38. The van der Waals surface area contributed by atoms with E-state index in [4.69, 9.17) is 25.8 Å². The van der Waals surface area contributed by atoms with Gasteiger partial charge >= 0.3 is 5.97 Å². The Kier molecular flexibility index (Phi) is 11.1. The summed E-state index contributed by atoms with van der Waals surface area (Å²) in [5.41, 5.74) is 7.05. The number of amides is 2. The van der Waals surface area contributed by atoms with Crippen molar-refractivity contribution in [2.75, 3.05) is 32.9 Å². The van der Waals surface area contributed by atoms with Gasteiger partial charge in [0.05, 0.1) is 17.7 Å². The Morgan fingerprint density at radius 1 is 0.900 bits per heavy atom. The van der Waals surface area contributed by atoms with Crippen LogP contribution >= 0.6 is 11.6 Å². The molecule has 0 spiro atoms. The van der Waals surface area contributed by atoms with E-state index < -0.39 is 0 Å². The molecule has 3 aromatic carbocycles. The van der Waals surface area contributed by atoms with Crippen LogP contribution in [-0.4, -0.2) is 78.6 Å². The molecule has 1 aliphatic carbocycles. The number of nitrogens with zero attached hydrogens (tertiary/aromatic N) is 2. The van der Waals surface area contributed by atoms with Crippen LogP contribution in [0.4, 0.5) is 0 Å². The number of piperazine rings is 1. The van der Waals surface area contributed by atoms with Crippen molar-refractivity contribution in [1.29, 1.82) is 0 Å². The van der Waals surface area contributed by atoms with Crippen molar-refractivity contribution >= 4 is 35.0 Å². The summed E-state index contributed by atoms with van der Waals surface area (Å²) < 4.78 is 17.1. The van der Waals surface area contributed by atoms with Crippen LogP contribution in [0.2, 0.25) is 5.02 Å². The van der Waals surface area contributed by atoms with E-state index in [2.05, 4.69) is 11.4 Å². The van der Waals surface area contributed by atoms with Gasteiger partial charge in [0.2, 0.25) is 5.91 Å². The van der Waals surface area contributed by atoms with Gasteiger partial charge in [-0.05, 0) is 90.8 Å². The minimum absolute atomic E-state index is 0.00104. The molecule has 2 aliphatic heterocycles. The number of rotatable bonds is 13. The maximum absolute atomic E-state index is 14.8. The van der Waals surface area contributed by atoms with Crippen molar-refractivity contribution in [3.05, 3.63) is 99.1 Å². The minimum Gasteiger partial charge on any atom is -0.490 e. The lowest BCUT2D eigenvalue weighted by Crippen LogP contribution is -2.61. The van der Waals surface area contributed by atoms with E-state index in [0.717, 1.165) is 51.8 Å². The van der Waals surface area contributed by atoms with Crippen LogP contribution in [0.1, 0.15) is 60.9 Å². The van der Waals surface area contributed by atoms with Crippen molar-refractivity contribution < 1.29 is 28.6 Å². The van der Waals surface area contributed by atoms with E-state index >= 15 is 0 Å². The number of hydrogen-bond donors (Lipinski definition) is 1. The first-order valence-corrected chi connectivity index (χ1v) is 17.8. The third kappa shape index (κ3) is 8.50. The average Bonchev–Trinajstić information content (AvgIpc) is 3.93. The number of fused-ring (bicyclic) bond motifs is 2. The van der Waals surface area contributed by atoms with Gasteiger partial charge in [-0.25, -0.2) is 0 Å². The highest BCUT2D eigenvalue weighted by Gasteiger charge is 2.43. The second-order valence-corrected chi connectivity index (χ2v) is 14.0. The lowest BCUT2D eigenvalue weighted by atomic mass is 9.82. The number of benzene rings is 3. The van der Waals surface area contributed by atoms with Gasteiger partial charge in [-0.1, -0.05) is 48.0 Å². The number of carbonyl (C=O) groups excluding carboxylic acids is 3.